The van der Waals surface area contributed by atoms with Gasteiger partial charge in [-0.1, -0.05) is 97.1 Å². The molecule has 1 aliphatic heterocycles. The molecule has 58 heavy (non-hydrogen) atoms. The van der Waals surface area contributed by atoms with Crippen molar-refractivity contribution in [1.82, 2.24) is 14.5 Å². The third-order valence-electron chi connectivity index (χ3n) is 10.8. The lowest BCUT2D eigenvalue weighted by molar-refractivity contribution is 0.0926. The summed E-state index contributed by atoms with van der Waals surface area (Å²) in [5.74, 6) is -0.858. The number of rotatable bonds is 6. The molecule has 8 nitrogen and oxygen atoms in total. The molecule has 0 fully saturated rings. The van der Waals surface area contributed by atoms with Gasteiger partial charge in [0.05, 0.1) is 51.7 Å². The van der Waals surface area contributed by atoms with Gasteiger partial charge in [-0.3, -0.25) is 19.6 Å². The number of imide groups is 1. The Morgan fingerprint density at radius 3 is 1.86 bits per heavy atom. The summed E-state index contributed by atoms with van der Waals surface area (Å²) in [5.41, 5.74) is 10.5. The fraction of sp³-hybridized carbons (Fsp3) is 0. The molecular weight excluding hydrogens is 717 g/mol. The maximum Gasteiger partial charge on any atom is 0.268 e. The number of amides is 2. The van der Waals surface area contributed by atoms with E-state index < -0.39 is 11.8 Å². The van der Waals surface area contributed by atoms with Gasteiger partial charge in [-0.05, 0) is 76.3 Å². The van der Waals surface area contributed by atoms with Gasteiger partial charge in [-0.2, -0.15) is 5.26 Å². The van der Waals surface area contributed by atoms with Crippen molar-refractivity contribution in [2.45, 2.75) is 0 Å². The molecule has 9 aromatic rings. The van der Waals surface area contributed by atoms with Gasteiger partial charge in [0.25, 0.3) is 11.8 Å². The highest BCUT2D eigenvalue weighted by molar-refractivity contribution is 6.36. The maximum absolute atomic E-state index is 15.1. The number of hydrogen-bond donors (Lipinski definition) is 0. The summed E-state index contributed by atoms with van der Waals surface area (Å²) in [6.07, 6.45) is 6.54. The fourth-order valence-electron chi connectivity index (χ4n) is 8.11. The number of nitrogens with zero attached hydrogens (tertiary/aromatic N) is 6. The second-order valence-electron chi connectivity index (χ2n) is 13.9. The summed E-state index contributed by atoms with van der Waals surface area (Å²) in [4.78, 5) is 43.4. The number of nitriles is 1. The van der Waals surface area contributed by atoms with E-state index in [2.05, 4.69) is 20.9 Å². The van der Waals surface area contributed by atoms with Crippen LogP contribution in [0.15, 0.2) is 170 Å². The van der Waals surface area contributed by atoms with Crippen LogP contribution in [0.4, 0.5) is 11.4 Å². The van der Waals surface area contributed by atoms with Crippen molar-refractivity contribution in [3.63, 3.8) is 0 Å². The third kappa shape index (κ3) is 5.36. The minimum absolute atomic E-state index is 0.274. The summed E-state index contributed by atoms with van der Waals surface area (Å²) >= 11 is 0. The molecule has 8 heteroatoms. The summed E-state index contributed by atoms with van der Waals surface area (Å²) in [6, 6.07) is 48.6. The largest absolute Gasteiger partial charge is 0.308 e. The SMILES string of the molecule is [C-]#[N+]c1ccncc1-c1ccc2c3ccc(-c4cnccc4C#N)cc3n(-c3cccc4c3C(=O)N(c3ccc(-c5ccccc5)cc3-c3ccccc3)C4=O)c2c1. The van der Waals surface area contributed by atoms with Crippen LogP contribution in [0.1, 0.15) is 26.3 Å². The molecule has 0 radical (unpaired) electrons. The Hall–Kier alpha value is -8.46. The van der Waals surface area contributed by atoms with E-state index in [4.69, 9.17) is 6.57 Å². The van der Waals surface area contributed by atoms with Gasteiger partial charge in [-0.15, -0.1) is 0 Å². The van der Waals surface area contributed by atoms with E-state index >= 15 is 4.79 Å². The molecule has 0 aliphatic carbocycles. The Morgan fingerprint density at radius 2 is 1.17 bits per heavy atom. The zero-order valence-electron chi connectivity index (χ0n) is 30.7. The van der Waals surface area contributed by atoms with Gasteiger partial charge in [0.15, 0.2) is 5.69 Å². The van der Waals surface area contributed by atoms with Gasteiger partial charge >= 0.3 is 0 Å². The predicted molar refractivity (Wildman–Crippen MR) is 227 cm³/mol. The van der Waals surface area contributed by atoms with Crippen molar-refractivity contribution < 1.29 is 9.59 Å². The summed E-state index contributed by atoms with van der Waals surface area (Å²) in [6.45, 7) is 7.83. The Morgan fingerprint density at radius 1 is 0.534 bits per heavy atom. The van der Waals surface area contributed by atoms with E-state index in [9.17, 15) is 10.1 Å². The zero-order chi connectivity index (χ0) is 39.3. The summed E-state index contributed by atoms with van der Waals surface area (Å²) in [5, 5.41) is 11.8. The third-order valence-corrected chi connectivity index (χ3v) is 10.8. The van der Waals surface area contributed by atoms with Crippen molar-refractivity contribution in [1.29, 1.82) is 5.26 Å². The van der Waals surface area contributed by atoms with Gasteiger partial charge in [0.2, 0.25) is 0 Å². The molecule has 0 saturated carbocycles. The standard InChI is InChI=1S/C50H28N6O2/c1-52-43-22-24-54-30-42(43)35-16-19-38-37-18-15-34(41-29-53-23-21-36(41)28-51)26-46(37)55(47(38)27-35)45-14-8-13-39-48(45)50(58)56(49(39)57)44-20-17-33(31-9-4-2-5-10-31)25-40(44)32-11-6-3-7-12-32/h2-27,29-30H. The van der Waals surface area contributed by atoms with E-state index in [1.54, 1.807) is 49.1 Å². The minimum atomic E-state index is -0.441. The average molecular weight is 745 g/mol. The van der Waals surface area contributed by atoms with E-state index in [-0.39, 0.29) is 11.1 Å². The lowest BCUT2D eigenvalue weighted by Crippen LogP contribution is -2.30. The van der Waals surface area contributed by atoms with Crippen LogP contribution in [-0.2, 0) is 0 Å². The molecule has 0 bridgehead atoms. The molecule has 4 heterocycles. The first-order chi connectivity index (χ1) is 28.5. The van der Waals surface area contributed by atoms with Crippen LogP contribution in [0.3, 0.4) is 0 Å². The highest BCUT2D eigenvalue weighted by atomic mass is 16.2. The number of benzene rings is 6. The Kier molecular flexibility index (Phi) is 8.04. The van der Waals surface area contributed by atoms with Crippen LogP contribution >= 0.6 is 0 Å². The molecule has 270 valence electrons. The second-order valence-corrected chi connectivity index (χ2v) is 13.9. The van der Waals surface area contributed by atoms with Crippen molar-refractivity contribution in [2.24, 2.45) is 0 Å². The van der Waals surface area contributed by atoms with Crippen LogP contribution in [-0.4, -0.2) is 26.3 Å². The number of hydrogen-bond acceptors (Lipinski definition) is 5. The minimum Gasteiger partial charge on any atom is -0.308 e. The first-order valence-corrected chi connectivity index (χ1v) is 18.6. The molecule has 0 spiro atoms. The topological polar surface area (TPSA) is 96.2 Å². The number of carbonyl (C=O) groups is 2. The van der Waals surface area contributed by atoms with Crippen molar-refractivity contribution >= 4 is 45.0 Å². The predicted octanol–water partition coefficient (Wildman–Crippen LogP) is 11.5. The summed E-state index contributed by atoms with van der Waals surface area (Å²) < 4.78 is 2.01. The van der Waals surface area contributed by atoms with Gasteiger partial charge in [-0.25, -0.2) is 9.74 Å². The van der Waals surface area contributed by atoms with Gasteiger partial charge < -0.3 is 4.57 Å². The number of pyridine rings is 2. The quantitative estimate of drug-likeness (QED) is 0.125. The average Bonchev–Trinajstić information content (AvgIpc) is 3.75. The highest BCUT2D eigenvalue weighted by Crippen LogP contribution is 2.43. The number of anilines is 1. The van der Waals surface area contributed by atoms with Gasteiger partial charge in [0.1, 0.15) is 0 Å². The fourth-order valence-corrected chi connectivity index (χ4v) is 8.11. The lowest BCUT2D eigenvalue weighted by Gasteiger charge is -2.20. The maximum atomic E-state index is 15.1. The molecule has 1 aliphatic rings. The number of aromatic nitrogens is 3. The van der Waals surface area contributed by atoms with E-state index in [1.807, 2.05) is 126 Å². The smallest absolute Gasteiger partial charge is 0.268 e. The normalized spacial score (nSPS) is 12.1. The van der Waals surface area contributed by atoms with Crippen molar-refractivity contribution in [3.8, 4) is 56.3 Å². The molecule has 6 aromatic carbocycles. The molecule has 3 aromatic heterocycles. The monoisotopic (exact) mass is 744 g/mol. The molecule has 2 amide bonds. The van der Waals surface area contributed by atoms with Crippen LogP contribution < -0.4 is 4.90 Å². The molecule has 10 rings (SSSR count). The molecule has 0 unspecified atom stereocenters. The van der Waals surface area contributed by atoms with Gasteiger partial charge in [0, 0.05) is 52.3 Å². The Labute approximate surface area is 333 Å². The van der Waals surface area contributed by atoms with Crippen LogP contribution in [0.25, 0.3) is 76.8 Å². The van der Waals surface area contributed by atoms with Crippen LogP contribution in [0, 0.1) is 17.9 Å². The lowest BCUT2D eigenvalue weighted by atomic mass is 9.97. The Bertz CT molecular complexity index is 3130. The van der Waals surface area contributed by atoms with Crippen molar-refractivity contribution in [2.75, 3.05) is 4.90 Å². The number of carbonyl (C=O) groups excluding carboxylic acids is 2. The molecule has 0 saturated heterocycles. The molecule has 0 N–H and O–H groups in total. The zero-order valence-corrected chi connectivity index (χ0v) is 30.7. The molecular formula is C50H28N6O2. The Balaban J connectivity index is 1.21. The van der Waals surface area contributed by atoms with E-state index in [0.29, 0.717) is 33.8 Å². The second kappa shape index (κ2) is 13.7. The first kappa shape index (κ1) is 34.1. The first-order valence-electron chi connectivity index (χ1n) is 18.6. The molecule has 0 atom stereocenters. The van der Waals surface area contributed by atoms with Crippen molar-refractivity contribution in [3.05, 3.63) is 198 Å². The van der Waals surface area contributed by atoms with Crippen LogP contribution in [0.5, 0.6) is 0 Å². The van der Waals surface area contributed by atoms with Crippen LogP contribution in [0.2, 0.25) is 0 Å². The number of fused-ring (bicyclic) bond motifs is 4. The van der Waals surface area contributed by atoms with E-state index in [0.717, 1.165) is 55.2 Å². The van der Waals surface area contributed by atoms with E-state index in [1.165, 1.54) is 4.90 Å². The summed E-state index contributed by atoms with van der Waals surface area (Å²) in [7, 11) is 0. The highest BCUT2D eigenvalue weighted by Gasteiger charge is 2.40.